The van der Waals surface area contributed by atoms with Crippen LogP contribution >= 0.6 is 15.9 Å². The smallest absolute Gasteiger partial charge is 0.196 e. The minimum atomic E-state index is -0.682. The molecule has 18 heavy (non-hydrogen) atoms. The summed E-state index contributed by atoms with van der Waals surface area (Å²) in [6.07, 6.45) is 1.90. The van der Waals surface area contributed by atoms with E-state index in [0.717, 1.165) is 0 Å². The van der Waals surface area contributed by atoms with Gasteiger partial charge < -0.3 is 9.73 Å². The fourth-order valence-electron chi connectivity index (χ4n) is 1.55. The highest BCUT2D eigenvalue weighted by Crippen LogP contribution is 2.29. The molecule has 6 heteroatoms. The van der Waals surface area contributed by atoms with E-state index in [1.165, 1.54) is 18.3 Å². The van der Waals surface area contributed by atoms with Gasteiger partial charge in [0.15, 0.2) is 11.7 Å². The van der Waals surface area contributed by atoms with Gasteiger partial charge in [-0.2, -0.15) is 0 Å². The number of nitrogens with zero attached hydrogens (tertiary/aromatic N) is 1. The Morgan fingerprint density at radius 2 is 2.00 bits per heavy atom. The molecular weight excluding hydrogens is 306 g/mol. The van der Waals surface area contributed by atoms with Crippen LogP contribution in [0.15, 0.2) is 27.2 Å². The zero-order chi connectivity index (χ0) is 13.1. The molecule has 2 rings (SSSR count). The van der Waals surface area contributed by atoms with E-state index in [4.69, 9.17) is 4.42 Å². The standard InChI is InChI=1S/C12H11BrF2N2O/c1-16-3-2-11-17-6-10(18-11)12-8(14)4-7(13)5-9(12)15/h4-6,16H,2-3H2,1H3. The van der Waals surface area contributed by atoms with Crippen molar-refractivity contribution in [3.8, 4) is 11.3 Å². The van der Waals surface area contributed by atoms with Crippen LogP contribution in [0, 0.1) is 11.6 Å². The highest BCUT2D eigenvalue weighted by molar-refractivity contribution is 9.10. The first-order chi connectivity index (χ1) is 8.61. The Balaban J connectivity index is 2.34. The van der Waals surface area contributed by atoms with Crippen LogP contribution in [-0.2, 0) is 6.42 Å². The summed E-state index contributed by atoms with van der Waals surface area (Å²) < 4.78 is 33.0. The van der Waals surface area contributed by atoms with Crippen LogP contribution in [0.4, 0.5) is 8.78 Å². The van der Waals surface area contributed by atoms with E-state index in [2.05, 4.69) is 26.2 Å². The molecule has 0 aliphatic carbocycles. The molecule has 1 N–H and O–H groups in total. The van der Waals surface area contributed by atoms with Crippen LogP contribution in [0.5, 0.6) is 0 Å². The molecule has 2 aromatic rings. The van der Waals surface area contributed by atoms with Crippen molar-refractivity contribution in [3.05, 3.63) is 40.3 Å². The van der Waals surface area contributed by atoms with Crippen LogP contribution in [0.1, 0.15) is 5.89 Å². The number of hydrogen-bond acceptors (Lipinski definition) is 3. The van der Waals surface area contributed by atoms with Crippen molar-refractivity contribution in [3.63, 3.8) is 0 Å². The summed E-state index contributed by atoms with van der Waals surface area (Å²) in [6.45, 7) is 0.686. The molecular formula is C12H11BrF2N2O. The Labute approximate surface area is 111 Å². The van der Waals surface area contributed by atoms with E-state index in [9.17, 15) is 8.78 Å². The average Bonchev–Trinajstić information content (AvgIpc) is 2.73. The van der Waals surface area contributed by atoms with Gasteiger partial charge in [0, 0.05) is 17.4 Å². The number of hydrogen-bond donors (Lipinski definition) is 1. The molecule has 0 atom stereocenters. The van der Waals surface area contributed by atoms with Crippen molar-refractivity contribution in [1.82, 2.24) is 10.3 Å². The SMILES string of the molecule is CNCCc1ncc(-c2c(F)cc(Br)cc2F)o1. The van der Waals surface area contributed by atoms with Crippen molar-refractivity contribution in [2.45, 2.75) is 6.42 Å². The summed E-state index contributed by atoms with van der Waals surface area (Å²) in [5.74, 6) is -0.818. The Morgan fingerprint density at radius 3 is 2.61 bits per heavy atom. The van der Waals surface area contributed by atoms with Gasteiger partial charge >= 0.3 is 0 Å². The maximum absolute atomic E-state index is 13.7. The lowest BCUT2D eigenvalue weighted by Gasteiger charge is -2.02. The molecule has 0 aliphatic rings. The molecule has 0 amide bonds. The number of halogens is 3. The Morgan fingerprint density at radius 1 is 1.33 bits per heavy atom. The molecule has 0 spiro atoms. The third kappa shape index (κ3) is 2.76. The molecule has 1 aromatic carbocycles. The van der Waals surface area contributed by atoms with Gasteiger partial charge in [0.25, 0.3) is 0 Å². The number of likely N-dealkylation sites (N-methyl/N-ethyl adjacent to an activating group) is 1. The van der Waals surface area contributed by atoms with E-state index in [1.807, 2.05) is 0 Å². The second-order valence-corrected chi connectivity index (χ2v) is 4.63. The molecule has 96 valence electrons. The van der Waals surface area contributed by atoms with E-state index in [-0.39, 0.29) is 11.3 Å². The molecule has 1 heterocycles. The summed E-state index contributed by atoms with van der Waals surface area (Å²) in [6, 6.07) is 2.38. The summed E-state index contributed by atoms with van der Waals surface area (Å²) in [4.78, 5) is 3.98. The number of rotatable bonds is 4. The fraction of sp³-hybridized carbons (Fsp3) is 0.250. The zero-order valence-corrected chi connectivity index (χ0v) is 11.2. The van der Waals surface area contributed by atoms with Crippen molar-refractivity contribution < 1.29 is 13.2 Å². The van der Waals surface area contributed by atoms with Gasteiger partial charge in [-0.05, 0) is 19.2 Å². The Hall–Kier alpha value is -1.27. The number of nitrogens with one attached hydrogen (secondary N) is 1. The van der Waals surface area contributed by atoms with Gasteiger partial charge in [-0.1, -0.05) is 15.9 Å². The van der Waals surface area contributed by atoms with Crippen LogP contribution in [-0.4, -0.2) is 18.6 Å². The summed E-state index contributed by atoms with van der Waals surface area (Å²) in [7, 11) is 1.80. The number of aromatic nitrogens is 1. The lowest BCUT2D eigenvalue weighted by Crippen LogP contribution is -2.10. The number of oxazole rings is 1. The first-order valence-electron chi connectivity index (χ1n) is 5.36. The van der Waals surface area contributed by atoms with Gasteiger partial charge in [0.1, 0.15) is 11.6 Å². The normalized spacial score (nSPS) is 10.9. The molecule has 0 unspecified atom stereocenters. The van der Waals surface area contributed by atoms with Crippen LogP contribution < -0.4 is 5.32 Å². The van der Waals surface area contributed by atoms with Gasteiger partial charge in [-0.3, -0.25) is 0 Å². The molecule has 3 nitrogen and oxygen atoms in total. The largest absolute Gasteiger partial charge is 0.440 e. The predicted molar refractivity (Wildman–Crippen MR) is 67.2 cm³/mol. The van der Waals surface area contributed by atoms with Gasteiger partial charge in [-0.25, -0.2) is 13.8 Å². The quantitative estimate of drug-likeness (QED) is 0.941. The minimum absolute atomic E-state index is 0.101. The third-order valence-electron chi connectivity index (χ3n) is 2.40. The first-order valence-corrected chi connectivity index (χ1v) is 6.15. The fourth-order valence-corrected chi connectivity index (χ4v) is 1.95. The zero-order valence-electron chi connectivity index (χ0n) is 9.64. The van der Waals surface area contributed by atoms with E-state index in [1.54, 1.807) is 7.05 Å². The van der Waals surface area contributed by atoms with Gasteiger partial charge in [0.2, 0.25) is 0 Å². The summed E-state index contributed by atoms with van der Waals surface area (Å²) >= 11 is 3.02. The van der Waals surface area contributed by atoms with Crippen LogP contribution in [0.25, 0.3) is 11.3 Å². The molecule has 0 saturated heterocycles. The van der Waals surface area contributed by atoms with Crippen molar-refractivity contribution in [1.29, 1.82) is 0 Å². The third-order valence-corrected chi connectivity index (χ3v) is 2.85. The Kier molecular flexibility index (Phi) is 4.08. The lowest BCUT2D eigenvalue weighted by atomic mass is 10.1. The topological polar surface area (TPSA) is 38.1 Å². The molecule has 1 aromatic heterocycles. The van der Waals surface area contributed by atoms with E-state index >= 15 is 0 Å². The highest BCUT2D eigenvalue weighted by atomic mass is 79.9. The van der Waals surface area contributed by atoms with Crippen LogP contribution in [0.3, 0.4) is 0 Å². The molecule has 0 radical (unpaired) electrons. The summed E-state index contributed by atoms with van der Waals surface area (Å²) in [5, 5.41) is 2.94. The molecule has 0 fully saturated rings. The van der Waals surface area contributed by atoms with Crippen LogP contribution in [0.2, 0.25) is 0 Å². The maximum atomic E-state index is 13.7. The maximum Gasteiger partial charge on any atom is 0.196 e. The Bertz CT molecular complexity index is 534. The second-order valence-electron chi connectivity index (χ2n) is 3.72. The lowest BCUT2D eigenvalue weighted by molar-refractivity contribution is 0.491. The molecule has 0 saturated carbocycles. The summed E-state index contributed by atoms with van der Waals surface area (Å²) in [5.41, 5.74) is -0.193. The van der Waals surface area contributed by atoms with Crippen molar-refractivity contribution >= 4 is 15.9 Å². The van der Waals surface area contributed by atoms with E-state index in [0.29, 0.717) is 23.3 Å². The van der Waals surface area contributed by atoms with Crippen molar-refractivity contribution in [2.24, 2.45) is 0 Å². The highest BCUT2D eigenvalue weighted by Gasteiger charge is 2.17. The number of benzene rings is 1. The minimum Gasteiger partial charge on any atom is -0.440 e. The van der Waals surface area contributed by atoms with Crippen molar-refractivity contribution in [2.75, 3.05) is 13.6 Å². The molecule has 0 bridgehead atoms. The first kappa shape index (κ1) is 13.2. The van der Waals surface area contributed by atoms with Gasteiger partial charge in [-0.15, -0.1) is 0 Å². The van der Waals surface area contributed by atoms with Gasteiger partial charge in [0.05, 0.1) is 11.8 Å². The van der Waals surface area contributed by atoms with E-state index < -0.39 is 11.6 Å². The predicted octanol–water partition coefficient (Wildman–Crippen LogP) is 3.14. The second kappa shape index (κ2) is 5.58. The monoisotopic (exact) mass is 316 g/mol. The molecule has 0 aliphatic heterocycles. The average molecular weight is 317 g/mol.